The van der Waals surface area contributed by atoms with Crippen molar-refractivity contribution in [1.29, 1.82) is 0 Å². The molecule has 0 heterocycles. The molecule has 0 saturated heterocycles. The maximum Gasteiger partial charge on any atom is 0.306 e. The molecular formula is C21H36O4. The van der Waals surface area contributed by atoms with E-state index < -0.39 is 0 Å². The maximum absolute atomic E-state index is 12.0. The zero-order chi connectivity index (χ0) is 19.5. The van der Waals surface area contributed by atoms with E-state index in [1.807, 2.05) is 0 Å². The van der Waals surface area contributed by atoms with Crippen LogP contribution in [0.1, 0.15) is 73.1 Å². The first-order valence-electron chi connectivity index (χ1n) is 9.05. The van der Waals surface area contributed by atoms with Gasteiger partial charge in [0.05, 0.1) is 20.6 Å². The maximum atomic E-state index is 12.0. The van der Waals surface area contributed by atoms with E-state index in [9.17, 15) is 9.59 Å². The van der Waals surface area contributed by atoms with Crippen LogP contribution in [0.4, 0.5) is 0 Å². The molecule has 4 heteroatoms. The number of carbonyl (C=O) groups excluding carboxylic acids is 2. The van der Waals surface area contributed by atoms with E-state index in [1.54, 1.807) is 0 Å². The Balaban J connectivity index is 5.42. The van der Waals surface area contributed by atoms with Crippen LogP contribution >= 0.6 is 0 Å². The highest BCUT2D eigenvalue weighted by Gasteiger charge is 2.35. The minimum atomic E-state index is -0.223. The third kappa shape index (κ3) is 10.1. The summed E-state index contributed by atoms with van der Waals surface area (Å²) in [5, 5.41) is 0. The topological polar surface area (TPSA) is 52.6 Å². The van der Waals surface area contributed by atoms with Gasteiger partial charge in [-0.25, -0.2) is 0 Å². The second-order valence-electron chi connectivity index (χ2n) is 7.56. The summed E-state index contributed by atoms with van der Waals surface area (Å²) in [5.74, 6) is -0.182. The monoisotopic (exact) mass is 352 g/mol. The van der Waals surface area contributed by atoms with Crippen LogP contribution in [0.25, 0.3) is 0 Å². The molecule has 144 valence electrons. The smallest absolute Gasteiger partial charge is 0.306 e. The number of hydrogen-bond donors (Lipinski definition) is 0. The summed E-state index contributed by atoms with van der Waals surface area (Å²) in [6.45, 7) is 10.4. The number of allylic oxidation sites excluding steroid dienone is 4. The molecule has 0 aliphatic heterocycles. The Morgan fingerprint density at radius 1 is 0.960 bits per heavy atom. The lowest BCUT2D eigenvalue weighted by Crippen LogP contribution is -2.31. The largest absolute Gasteiger partial charge is 0.469 e. The Morgan fingerprint density at radius 2 is 1.52 bits per heavy atom. The molecule has 2 atom stereocenters. The first kappa shape index (κ1) is 23.4. The highest BCUT2D eigenvalue weighted by Crippen LogP contribution is 2.42. The highest BCUT2D eigenvalue weighted by molar-refractivity contribution is 5.70. The summed E-state index contributed by atoms with van der Waals surface area (Å²) < 4.78 is 9.73. The molecule has 0 N–H and O–H groups in total. The summed E-state index contributed by atoms with van der Waals surface area (Å²) in [5.41, 5.74) is 2.29. The Hall–Kier alpha value is -1.58. The number of rotatable bonds is 11. The van der Waals surface area contributed by atoms with E-state index in [1.165, 1.54) is 25.4 Å². The van der Waals surface area contributed by atoms with Crippen LogP contribution in [0.15, 0.2) is 23.3 Å². The summed E-state index contributed by atoms with van der Waals surface area (Å²) in [4.78, 5) is 23.6. The van der Waals surface area contributed by atoms with Crippen LogP contribution in [0.5, 0.6) is 0 Å². The van der Waals surface area contributed by atoms with E-state index in [2.05, 4.69) is 46.8 Å². The number of hydrogen-bond acceptors (Lipinski definition) is 4. The van der Waals surface area contributed by atoms with Gasteiger partial charge in [-0.1, -0.05) is 30.2 Å². The fourth-order valence-electron chi connectivity index (χ4n) is 3.05. The van der Waals surface area contributed by atoms with Crippen LogP contribution in [-0.2, 0) is 19.1 Å². The zero-order valence-electron chi connectivity index (χ0n) is 17.1. The molecule has 0 radical (unpaired) electrons. The average molecular weight is 353 g/mol. The van der Waals surface area contributed by atoms with Crippen LogP contribution in [0.3, 0.4) is 0 Å². The van der Waals surface area contributed by atoms with Crippen LogP contribution in [0.2, 0.25) is 0 Å². The molecule has 0 fully saturated rings. The molecule has 0 aromatic heterocycles. The predicted octanol–water partition coefficient (Wildman–Crippen LogP) is 5.23. The first-order chi connectivity index (χ1) is 11.6. The van der Waals surface area contributed by atoms with Gasteiger partial charge in [0.25, 0.3) is 0 Å². The van der Waals surface area contributed by atoms with Crippen LogP contribution in [0, 0.1) is 11.3 Å². The van der Waals surface area contributed by atoms with Gasteiger partial charge in [0.1, 0.15) is 0 Å². The molecule has 0 amide bonds. The van der Waals surface area contributed by atoms with Crippen molar-refractivity contribution in [2.24, 2.45) is 11.3 Å². The minimum absolute atomic E-state index is 0.194. The molecule has 0 aromatic rings. The van der Waals surface area contributed by atoms with Crippen molar-refractivity contribution in [2.75, 3.05) is 14.2 Å². The van der Waals surface area contributed by atoms with Crippen molar-refractivity contribution in [2.45, 2.75) is 73.1 Å². The van der Waals surface area contributed by atoms with Crippen molar-refractivity contribution in [1.82, 2.24) is 0 Å². The van der Waals surface area contributed by atoms with Gasteiger partial charge in [-0.15, -0.1) is 0 Å². The third-order valence-corrected chi connectivity index (χ3v) is 4.76. The lowest BCUT2D eigenvalue weighted by atomic mass is 9.68. The predicted molar refractivity (Wildman–Crippen MR) is 102 cm³/mol. The third-order valence-electron chi connectivity index (χ3n) is 4.76. The Labute approximate surface area is 153 Å². The molecule has 0 spiro atoms. The fourth-order valence-corrected chi connectivity index (χ4v) is 3.05. The van der Waals surface area contributed by atoms with Gasteiger partial charge in [-0.2, -0.15) is 0 Å². The van der Waals surface area contributed by atoms with Gasteiger partial charge >= 0.3 is 11.9 Å². The molecule has 0 aliphatic carbocycles. The normalized spacial score (nSPS) is 14.0. The SMILES string of the molecule is COC(=O)CC[C@H](CC=C(C)C)[C@@](C)(CCC=C(C)C)CC(=O)OC. The Morgan fingerprint density at radius 3 is 2.00 bits per heavy atom. The molecule has 4 nitrogen and oxygen atoms in total. The highest BCUT2D eigenvalue weighted by atomic mass is 16.5. The lowest BCUT2D eigenvalue weighted by Gasteiger charge is -2.37. The first-order valence-corrected chi connectivity index (χ1v) is 9.05. The van der Waals surface area contributed by atoms with E-state index in [-0.39, 0.29) is 23.3 Å². The van der Waals surface area contributed by atoms with Crippen molar-refractivity contribution < 1.29 is 19.1 Å². The molecule has 0 rings (SSSR count). The second-order valence-corrected chi connectivity index (χ2v) is 7.56. The number of carbonyl (C=O) groups is 2. The van der Waals surface area contributed by atoms with Crippen LogP contribution < -0.4 is 0 Å². The summed E-state index contributed by atoms with van der Waals surface area (Å²) in [7, 11) is 2.84. The van der Waals surface area contributed by atoms with Crippen molar-refractivity contribution in [3.63, 3.8) is 0 Å². The van der Waals surface area contributed by atoms with Crippen molar-refractivity contribution >= 4 is 11.9 Å². The quantitative estimate of drug-likeness (QED) is 0.377. The molecule has 0 bridgehead atoms. The fraction of sp³-hybridized carbons (Fsp3) is 0.714. The standard InChI is InChI=1S/C21H36O4/c1-16(2)9-8-14-21(5,15-20(23)25-7)18(11-10-17(3)4)12-13-19(22)24-6/h9-10,18H,8,11-15H2,1-7H3/t18-,21-/m0/s1. The Bertz CT molecular complexity index is 482. The minimum Gasteiger partial charge on any atom is -0.469 e. The summed E-state index contributed by atoms with van der Waals surface area (Å²) >= 11 is 0. The molecule has 25 heavy (non-hydrogen) atoms. The van der Waals surface area contributed by atoms with E-state index >= 15 is 0 Å². The van der Waals surface area contributed by atoms with E-state index in [4.69, 9.17) is 9.47 Å². The lowest BCUT2D eigenvalue weighted by molar-refractivity contribution is -0.144. The average Bonchev–Trinajstić information content (AvgIpc) is 2.53. The van der Waals surface area contributed by atoms with Crippen molar-refractivity contribution in [3.8, 4) is 0 Å². The molecule has 0 saturated carbocycles. The summed E-state index contributed by atoms with van der Waals surface area (Å²) in [6, 6.07) is 0. The molecule has 0 aliphatic rings. The van der Waals surface area contributed by atoms with Gasteiger partial charge in [-0.05, 0) is 64.7 Å². The van der Waals surface area contributed by atoms with E-state index in [0.717, 1.165) is 19.3 Å². The number of methoxy groups -OCH3 is 2. The van der Waals surface area contributed by atoms with Crippen molar-refractivity contribution in [3.05, 3.63) is 23.3 Å². The van der Waals surface area contributed by atoms with E-state index in [0.29, 0.717) is 19.3 Å². The Kier molecular flexibility index (Phi) is 11.1. The van der Waals surface area contributed by atoms with Crippen LogP contribution in [-0.4, -0.2) is 26.2 Å². The molecule has 0 unspecified atom stereocenters. The van der Waals surface area contributed by atoms with Gasteiger partial charge in [0.15, 0.2) is 0 Å². The number of ether oxygens (including phenoxy) is 2. The van der Waals surface area contributed by atoms with Gasteiger partial charge < -0.3 is 9.47 Å². The zero-order valence-corrected chi connectivity index (χ0v) is 17.1. The number of esters is 2. The summed E-state index contributed by atoms with van der Waals surface area (Å²) in [6.07, 6.45) is 8.49. The second kappa shape index (κ2) is 11.9. The van der Waals surface area contributed by atoms with Gasteiger partial charge in [0, 0.05) is 6.42 Å². The van der Waals surface area contributed by atoms with Gasteiger partial charge in [0.2, 0.25) is 0 Å². The molecule has 0 aromatic carbocycles. The molecular weight excluding hydrogens is 316 g/mol. The van der Waals surface area contributed by atoms with Gasteiger partial charge in [-0.3, -0.25) is 9.59 Å².